The highest BCUT2D eigenvalue weighted by molar-refractivity contribution is 5.98. The third-order valence-electron chi connectivity index (χ3n) is 4.44. The van der Waals surface area contributed by atoms with E-state index in [1.807, 2.05) is 0 Å². The number of hydrogen-bond acceptors (Lipinski definition) is 6. The molecule has 1 fully saturated rings. The van der Waals surface area contributed by atoms with Crippen LogP contribution in [0.1, 0.15) is 40.5 Å². The zero-order valence-corrected chi connectivity index (χ0v) is 16.2. The molecule has 1 atom stereocenters. The van der Waals surface area contributed by atoms with Crippen molar-refractivity contribution in [2.45, 2.75) is 25.9 Å². The minimum atomic E-state index is -0.608. The summed E-state index contributed by atoms with van der Waals surface area (Å²) in [5, 5.41) is 2.60. The third kappa shape index (κ3) is 6.15. The molecule has 0 bridgehead atoms. The molecule has 1 amide bonds. The first-order valence-electron chi connectivity index (χ1n) is 9.44. The largest absolute Gasteiger partial charge is 0.491 e. The first-order chi connectivity index (χ1) is 14.0. The molecule has 0 spiro atoms. The predicted octanol–water partition coefficient (Wildman–Crippen LogP) is 3.24. The van der Waals surface area contributed by atoms with Crippen molar-refractivity contribution in [3.05, 3.63) is 59.7 Å². The molecule has 2 aromatic rings. The number of esters is 1. The normalized spacial score (nSPS) is 15.6. The van der Waals surface area contributed by atoms with Crippen LogP contribution in [0, 0.1) is 0 Å². The van der Waals surface area contributed by atoms with Gasteiger partial charge >= 0.3 is 5.97 Å². The van der Waals surface area contributed by atoms with E-state index in [1.165, 1.54) is 6.92 Å². The topological polar surface area (TPSA) is 90.9 Å². The number of carbonyl (C=O) groups excluding carboxylic acids is 3. The van der Waals surface area contributed by atoms with Gasteiger partial charge in [0.25, 0.3) is 5.91 Å². The molecule has 7 heteroatoms. The van der Waals surface area contributed by atoms with Gasteiger partial charge in [-0.2, -0.15) is 0 Å². The summed E-state index contributed by atoms with van der Waals surface area (Å²) in [6.07, 6.45) is 2.16. The Kier molecular flexibility index (Phi) is 6.97. The zero-order chi connectivity index (χ0) is 20.6. The van der Waals surface area contributed by atoms with E-state index in [2.05, 4.69) is 5.32 Å². The monoisotopic (exact) mass is 397 g/mol. The van der Waals surface area contributed by atoms with Crippen LogP contribution >= 0.6 is 0 Å². The summed E-state index contributed by atoms with van der Waals surface area (Å²) in [7, 11) is 0. The second kappa shape index (κ2) is 9.84. The standard InChI is InChI=1S/C22H23NO6/c1-15(24)17-4-2-5-18(12-17)23-21(25)14-29-22(26)16-7-9-19(10-8-16)28-13-20-6-3-11-27-20/h2,4-5,7-10,12,20H,3,6,11,13-14H2,1H3,(H,23,25)/t20-/m0/s1. The van der Waals surface area contributed by atoms with Crippen molar-refractivity contribution >= 4 is 23.3 Å². The predicted molar refractivity (Wildman–Crippen MR) is 106 cm³/mol. The summed E-state index contributed by atoms with van der Waals surface area (Å²) < 4.78 is 16.2. The van der Waals surface area contributed by atoms with Crippen LogP contribution < -0.4 is 10.1 Å². The molecule has 0 radical (unpaired) electrons. The molecular formula is C22H23NO6. The summed E-state index contributed by atoms with van der Waals surface area (Å²) in [6, 6.07) is 13.1. The van der Waals surface area contributed by atoms with Crippen molar-refractivity contribution in [3.63, 3.8) is 0 Å². The van der Waals surface area contributed by atoms with Crippen LogP contribution in [0.4, 0.5) is 5.69 Å². The van der Waals surface area contributed by atoms with Crippen molar-refractivity contribution in [1.29, 1.82) is 0 Å². The maximum absolute atomic E-state index is 12.1. The number of benzene rings is 2. The number of Topliss-reactive ketones (excluding diaryl/α,β-unsaturated/α-hetero) is 1. The number of ketones is 1. The molecule has 3 rings (SSSR count). The molecular weight excluding hydrogens is 374 g/mol. The lowest BCUT2D eigenvalue weighted by Gasteiger charge is -2.11. The molecule has 1 heterocycles. The van der Waals surface area contributed by atoms with E-state index >= 15 is 0 Å². The van der Waals surface area contributed by atoms with Crippen molar-refractivity contribution in [1.82, 2.24) is 0 Å². The molecule has 0 unspecified atom stereocenters. The zero-order valence-electron chi connectivity index (χ0n) is 16.2. The summed E-state index contributed by atoms with van der Waals surface area (Å²) in [5.74, 6) is -0.560. The van der Waals surface area contributed by atoms with Crippen molar-refractivity contribution in [3.8, 4) is 5.75 Å². The number of anilines is 1. The van der Waals surface area contributed by atoms with Gasteiger partial charge in [0.1, 0.15) is 12.4 Å². The molecule has 1 N–H and O–H groups in total. The first kappa shape index (κ1) is 20.5. The van der Waals surface area contributed by atoms with E-state index in [0.717, 1.165) is 19.4 Å². The van der Waals surface area contributed by atoms with Gasteiger partial charge in [0.05, 0.1) is 11.7 Å². The van der Waals surface area contributed by atoms with Crippen LogP contribution in [-0.4, -0.2) is 43.6 Å². The summed E-state index contributed by atoms with van der Waals surface area (Å²) in [6.45, 7) is 2.27. The smallest absolute Gasteiger partial charge is 0.338 e. The molecule has 1 aliphatic heterocycles. The quantitative estimate of drug-likeness (QED) is 0.543. The van der Waals surface area contributed by atoms with Gasteiger partial charge in [-0.25, -0.2) is 4.79 Å². The maximum Gasteiger partial charge on any atom is 0.338 e. The second-order valence-corrected chi connectivity index (χ2v) is 6.73. The average Bonchev–Trinajstić information content (AvgIpc) is 3.25. The van der Waals surface area contributed by atoms with Crippen LogP contribution in [0.25, 0.3) is 0 Å². The number of amides is 1. The highest BCUT2D eigenvalue weighted by Crippen LogP contribution is 2.17. The fourth-order valence-electron chi connectivity index (χ4n) is 2.88. The van der Waals surface area contributed by atoms with Gasteiger partial charge in [-0.3, -0.25) is 9.59 Å². The Morgan fingerprint density at radius 1 is 1.10 bits per heavy atom. The van der Waals surface area contributed by atoms with E-state index in [0.29, 0.717) is 29.2 Å². The van der Waals surface area contributed by atoms with E-state index < -0.39 is 18.5 Å². The van der Waals surface area contributed by atoms with Crippen molar-refractivity contribution in [2.24, 2.45) is 0 Å². The Labute approximate surface area is 169 Å². The Hall–Kier alpha value is -3.19. The Balaban J connectivity index is 1.45. The van der Waals surface area contributed by atoms with Gasteiger partial charge in [0.15, 0.2) is 12.4 Å². The first-order valence-corrected chi connectivity index (χ1v) is 9.44. The third-order valence-corrected chi connectivity index (χ3v) is 4.44. The van der Waals surface area contributed by atoms with Gasteiger partial charge in [0.2, 0.25) is 0 Å². The van der Waals surface area contributed by atoms with E-state index in [-0.39, 0.29) is 11.9 Å². The molecule has 0 aromatic heterocycles. The Bertz CT molecular complexity index is 871. The van der Waals surface area contributed by atoms with Crippen molar-refractivity contribution in [2.75, 3.05) is 25.1 Å². The average molecular weight is 397 g/mol. The van der Waals surface area contributed by atoms with Crippen LogP contribution in [0.5, 0.6) is 5.75 Å². The van der Waals surface area contributed by atoms with Crippen LogP contribution in [0.15, 0.2) is 48.5 Å². The van der Waals surface area contributed by atoms with Crippen LogP contribution in [0.3, 0.4) is 0 Å². The molecule has 1 aliphatic rings. The van der Waals surface area contributed by atoms with Gasteiger partial charge in [-0.15, -0.1) is 0 Å². The minimum absolute atomic E-state index is 0.101. The second-order valence-electron chi connectivity index (χ2n) is 6.73. The highest BCUT2D eigenvalue weighted by Gasteiger charge is 2.16. The highest BCUT2D eigenvalue weighted by atomic mass is 16.5. The Morgan fingerprint density at radius 2 is 1.90 bits per heavy atom. The maximum atomic E-state index is 12.1. The van der Waals surface area contributed by atoms with Gasteiger partial charge in [-0.05, 0) is 56.2 Å². The fourth-order valence-corrected chi connectivity index (χ4v) is 2.88. The lowest BCUT2D eigenvalue weighted by Crippen LogP contribution is -2.21. The molecule has 0 saturated carbocycles. The van der Waals surface area contributed by atoms with Gasteiger partial charge < -0.3 is 19.5 Å². The lowest BCUT2D eigenvalue weighted by molar-refractivity contribution is -0.119. The van der Waals surface area contributed by atoms with Crippen LogP contribution in [0.2, 0.25) is 0 Å². The number of carbonyl (C=O) groups is 3. The molecule has 0 aliphatic carbocycles. The number of ether oxygens (including phenoxy) is 3. The molecule has 7 nitrogen and oxygen atoms in total. The van der Waals surface area contributed by atoms with Gasteiger partial charge in [0, 0.05) is 17.9 Å². The summed E-state index contributed by atoms with van der Waals surface area (Å²) in [4.78, 5) is 35.5. The summed E-state index contributed by atoms with van der Waals surface area (Å²) >= 11 is 0. The summed E-state index contributed by atoms with van der Waals surface area (Å²) in [5.41, 5.74) is 1.27. The van der Waals surface area contributed by atoms with E-state index in [9.17, 15) is 14.4 Å². The minimum Gasteiger partial charge on any atom is -0.491 e. The Morgan fingerprint density at radius 3 is 2.59 bits per heavy atom. The van der Waals surface area contributed by atoms with E-state index in [4.69, 9.17) is 14.2 Å². The number of rotatable bonds is 8. The molecule has 1 saturated heterocycles. The fraction of sp³-hybridized carbons (Fsp3) is 0.318. The number of hydrogen-bond donors (Lipinski definition) is 1. The van der Waals surface area contributed by atoms with E-state index in [1.54, 1.807) is 48.5 Å². The molecule has 29 heavy (non-hydrogen) atoms. The molecule has 152 valence electrons. The molecule has 2 aromatic carbocycles. The van der Waals surface area contributed by atoms with Crippen molar-refractivity contribution < 1.29 is 28.6 Å². The number of nitrogens with one attached hydrogen (secondary N) is 1. The van der Waals surface area contributed by atoms with Crippen LogP contribution in [-0.2, 0) is 14.3 Å². The van der Waals surface area contributed by atoms with Gasteiger partial charge in [-0.1, -0.05) is 12.1 Å². The lowest BCUT2D eigenvalue weighted by atomic mass is 10.1. The SMILES string of the molecule is CC(=O)c1cccc(NC(=O)COC(=O)c2ccc(OC[C@@H]3CCCO3)cc2)c1.